The second-order valence-corrected chi connectivity index (χ2v) is 9.30. The fourth-order valence-corrected chi connectivity index (χ4v) is 5.49. The molecule has 1 N–H and O–H groups in total. The number of likely N-dealkylation sites (tertiary alicyclic amines) is 1. The number of aliphatic carboxylic acids is 1. The molecule has 35 heavy (non-hydrogen) atoms. The maximum Gasteiger partial charge on any atom is 0.320 e. The number of carboxylic acids is 1. The number of fused-ring (bicyclic) bond motifs is 2. The second kappa shape index (κ2) is 9.07. The Bertz CT molecular complexity index is 1390. The van der Waals surface area contributed by atoms with E-state index in [1.165, 1.54) is 16.7 Å². The number of nitrogens with zero attached hydrogens (tertiary/aromatic N) is 5. The van der Waals surface area contributed by atoms with Gasteiger partial charge in [0.15, 0.2) is 5.82 Å². The summed E-state index contributed by atoms with van der Waals surface area (Å²) in [7, 11) is 0. The van der Waals surface area contributed by atoms with E-state index in [4.69, 9.17) is 4.98 Å². The fraction of sp³-hybridized carbons (Fsp3) is 0.286. The SMILES string of the molecule is O=C(O)[C@@H]1CCCCN1Cc1cnc2c(N3CCc4c(-c5ccccc5)cccc43)ncnc2c1. The molecule has 7 heteroatoms. The highest BCUT2D eigenvalue weighted by molar-refractivity contribution is 5.90. The van der Waals surface area contributed by atoms with Crippen LogP contribution in [0.5, 0.6) is 0 Å². The molecule has 1 fully saturated rings. The van der Waals surface area contributed by atoms with Gasteiger partial charge in [0.2, 0.25) is 0 Å². The lowest BCUT2D eigenvalue weighted by atomic mass is 9.98. The first kappa shape index (κ1) is 21.7. The van der Waals surface area contributed by atoms with Gasteiger partial charge in [-0.25, -0.2) is 9.97 Å². The lowest BCUT2D eigenvalue weighted by Crippen LogP contribution is -2.44. The van der Waals surface area contributed by atoms with Gasteiger partial charge in [-0.15, -0.1) is 0 Å². The van der Waals surface area contributed by atoms with Crippen LogP contribution in [0.2, 0.25) is 0 Å². The van der Waals surface area contributed by atoms with E-state index >= 15 is 0 Å². The first-order chi connectivity index (χ1) is 17.2. The van der Waals surface area contributed by atoms with Crippen LogP contribution in [0.15, 0.2) is 67.1 Å². The number of benzene rings is 2. The summed E-state index contributed by atoms with van der Waals surface area (Å²) < 4.78 is 0. The van der Waals surface area contributed by atoms with Crippen LogP contribution in [-0.4, -0.2) is 50.1 Å². The highest BCUT2D eigenvalue weighted by atomic mass is 16.4. The Morgan fingerprint density at radius 3 is 2.74 bits per heavy atom. The van der Waals surface area contributed by atoms with Crippen molar-refractivity contribution in [2.75, 3.05) is 18.0 Å². The van der Waals surface area contributed by atoms with Gasteiger partial charge in [0.25, 0.3) is 0 Å². The van der Waals surface area contributed by atoms with Crippen molar-refractivity contribution >= 4 is 28.5 Å². The molecule has 2 aliphatic heterocycles. The summed E-state index contributed by atoms with van der Waals surface area (Å²) in [6.07, 6.45) is 7.07. The van der Waals surface area contributed by atoms with Crippen LogP contribution in [0.1, 0.15) is 30.4 Å². The maximum absolute atomic E-state index is 11.7. The number of aromatic nitrogens is 3. The zero-order valence-electron chi connectivity index (χ0n) is 19.5. The molecular formula is C28H27N5O2. The van der Waals surface area contributed by atoms with Crippen LogP contribution in [0, 0.1) is 0 Å². The molecule has 2 aromatic carbocycles. The molecule has 0 bridgehead atoms. The molecule has 4 heterocycles. The summed E-state index contributed by atoms with van der Waals surface area (Å²) in [6.45, 7) is 2.19. The Hall–Kier alpha value is -3.84. The molecule has 4 aromatic rings. The van der Waals surface area contributed by atoms with Gasteiger partial charge < -0.3 is 10.0 Å². The van der Waals surface area contributed by atoms with E-state index < -0.39 is 12.0 Å². The average Bonchev–Trinajstić information content (AvgIpc) is 3.33. The minimum absolute atomic E-state index is 0.430. The Labute approximate surface area is 204 Å². The molecule has 0 unspecified atom stereocenters. The van der Waals surface area contributed by atoms with Gasteiger partial charge in [-0.1, -0.05) is 48.9 Å². The van der Waals surface area contributed by atoms with E-state index in [0.717, 1.165) is 60.5 Å². The summed E-state index contributed by atoms with van der Waals surface area (Å²) in [5, 5.41) is 9.61. The molecular weight excluding hydrogens is 438 g/mol. The second-order valence-electron chi connectivity index (χ2n) is 9.30. The summed E-state index contributed by atoms with van der Waals surface area (Å²) in [5.74, 6) is 0.0672. The monoisotopic (exact) mass is 465 g/mol. The van der Waals surface area contributed by atoms with Crippen molar-refractivity contribution in [2.45, 2.75) is 38.3 Å². The Morgan fingerprint density at radius 1 is 1.00 bits per heavy atom. The number of carbonyl (C=O) groups is 1. The maximum atomic E-state index is 11.7. The van der Waals surface area contributed by atoms with E-state index in [1.807, 2.05) is 23.2 Å². The average molecular weight is 466 g/mol. The first-order valence-corrected chi connectivity index (χ1v) is 12.2. The van der Waals surface area contributed by atoms with Crippen LogP contribution in [0.4, 0.5) is 11.5 Å². The van der Waals surface area contributed by atoms with E-state index in [2.05, 4.69) is 57.3 Å². The molecule has 0 amide bonds. The number of rotatable bonds is 5. The summed E-state index contributed by atoms with van der Waals surface area (Å²) >= 11 is 0. The van der Waals surface area contributed by atoms with Crippen LogP contribution >= 0.6 is 0 Å². The van der Waals surface area contributed by atoms with Crippen molar-refractivity contribution in [3.63, 3.8) is 0 Å². The van der Waals surface area contributed by atoms with E-state index in [0.29, 0.717) is 13.0 Å². The summed E-state index contributed by atoms with van der Waals surface area (Å²) in [5.41, 5.74) is 7.49. The van der Waals surface area contributed by atoms with Gasteiger partial charge in [-0.2, -0.15) is 0 Å². The molecule has 0 radical (unpaired) electrons. The minimum atomic E-state index is -0.745. The largest absolute Gasteiger partial charge is 0.480 e. The van der Waals surface area contributed by atoms with Crippen LogP contribution in [-0.2, 0) is 17.8 Å². The molecule has 2 aliphatic rings. The normalized spacial score (nSPS) is 18.1. The van der Waals surface area contributed by atoms with Crippen LogP contribution in [0.3, 0.4) is 0 Å². The number of hydrogen-bond donors (Lipinski definition) is 1. The van der Waals surface area contributed by atoms with Gasteiger partial charge >= 0.3 is 5.97 Å². The van der Waals surface area contributed by atoms with Crippen molar-refractivity contribution in [2.24, 2.45) is 0 Å². The molecule has 7 nitrogen and oxygen atoms in total. The van der Waals surface area contributed by atoms with Gasteiger partial charge in [0.1, 0.15) is 17.9 Å². The molecule has 176 valence electrons. The van der Waals surface area contributed by atoms with E-state index in [-0.39, 0.29) is 0 Å². The van der Waals surface area contributed by atoms with Gasteiger partial charge in [0.05, 0.1) is 5.52 Å². The topological polar surface area (TPSA) is 82.5 Å². The number of carboxylic acid groups (broad SMARTS) is 1. The van der Waals surface area contributed by atoms with Crippen molar-refractivity contribution in [1.82, 2.24) is 19.9 Å². The zero-order valence-corrected chi connectivity index (χ0v) is 19.5. The van der Waals surface area contributed by atoms with E-state index in [1.54, 1.807) is 6.33 Å². The third-order valence-corrected chi connectivity index (χ3v) is 7.17. The highest BCUT2D eigenvalue weighted by Crippen LogP contribution is 2.40. The first-order valence-electron chi connectivity index (χ1n) is 12.2. The lowest BCUT2D eigenvalue weighted by molar-refractivity contribution is -0.144. The Balaban J connectivity index is 1.33. The summed E-state index contributed by atoms with van der Waals surface area (Å²) in [6, 6.07) is 18.5. The fourth-order valence-electron chi connectivity index (χ4n) is 5.49. The molecule has 0 aliphatic carbocycles. The number of hydrogen-bond acceptors (Lipinski definition) is 6. The molecule has 1 atom stereocenters. The van der Waals surface area contributed by atoms with Gasteiger partial charge in [0, 0.05) is 25.0 Å². The molecule has 0 saturated carbocycles. The van der Waals surface area contributed by atoms with Crippen molar-refractivity contribution in [3.05, 3.63) is 78.2 Å². The van der Waals surface area contributed by atoms with Gasteiger partial charge in [-0.05, 0) is 60.2 Å². The van der Waals surface area contributed by atoms with Crippen LogP contribution in [0.25, 0.3) is 22.2 Å². The number of pyridine rings is 1. The van der Waals surface area contributed by atoms with Crippen molar-refractivity contribution in [3.8, 4) is 11.1 Å². The van der Waals surface area contributed by atoms with Crippen molar-refractivity contribution in [1.29, 1.82) is 0 Å². The molecule has 2 aromatic heterocycles. The van der Waals surface area contributed by atoms with Crippen molar-refractivity contribution < 1.29 is 9.90 Å². The highest BCUT2D eigenvalue weighted by Gasteiger charge is 2.29. The third-order valence-electron chi connectivity index (χ3n) is 7.17. The zero-order chi connectivity index (χ0) is 23.8. The quantitative estimate of drug-likeness (QED) is 0.452. The van der Waals surface area contributed by atoms with Gasteiger partial charge in [-0.3, -0.25) is 14.7 Å². The van der Waals surface area contributed by atoms with E-state index in [9.17, 15) is 9.90 Å². The summed E-state index contributed by atoms with van der Waals surface area (Å²) in [4.78, 5) is 29.9. The molecule has 1 saturated heterocycles. The lowest BCUT2D eigenvalue weighted by Gasteiger charge is -2.32. The molecule has 6 rings (SSSR count). The smallest absolute Gasteiger partial charge is 0.320 e. The predicted molar refractivity (Wildman–Crippen MR) is 136 cm³/mol. The minimum Gasteiger partial charge on any atom is -0.480 e. The predicted octanol–water partition coefficient (Wildman–Crippen LogP) is 4.83. The number of anilines is 2. The third kappa shape index (κ3) is 4.02. The Morgan fingerprint density at radius 2 is 1.89 bits per heavy atom. The molecule has 0 spiro atoms. The number of piperidine rings is 1. The standard InChI is InChI=1S/C28H27N5O2/c34-28(35)25-10-4-5-13-32(25)17-19-15-23-26(29-16-19)27(31-18-30-23)33-14-12-22-21(9-6-11-24(22)33)20-7-2-1-3-8-20/h1-3,6-9,11,15-16,18,25H,4-5,10,12-14,17H2,(H,34,35)/t25-/m0/s1. The van der Waals surface area contributed by atoms with Crippen LogP contribution < -0.4 is 4.90 Å². The Kier molecular flexibility index (Phi) is 5.62.